The number of rotatable bonds is 5. The van der Waals surface area contributed by atoms with E-state index in [-0.39, 0.29) is 5.91 Å². The molecular weight excluding hydrogens is 286 g/mol. The van der Waals surface area contributed by atoms with Crippen molar-refractivity contribution in [3.63, 3.8) is 0 Å². The monoisotopic (exact) mass is 305 g/mol. The van der Waals surface area contributed by atoms with Crippen LogP contribution in [0.25, 0.3) is 5.69 Å². The zero-order chi connectivity index (χ0) is 16.1. The average Bonchev–Trinajstić information content (AvgIpc) is 3.15. The minimum absolute atomic E-state index is 0.0231. The first-order chi connectivity index (χ1) is 11.2. The number of aromatic nitrogens is 2. The molecule has 0 saturated carbocycles. The second kappa shape index (κ2) is 6.92. The van der Waals surface area contributed by atoms with Crippen LogP contribution in [0.3, 0.4) is 0 Å². The third kappa shape index (κ3) is 3.66. The highest BCUT2D eigenvalue weighted by Crippen LogP contribution is 2.12. The molecule has 116 valence electrons. The lowest BCUT2D eigenvalue weighted by Crippen LogP contribution is -2.29. The highest BCUT2D eigenvalue weighted by atomic mass is 16.2. The van der Waals surface area contributed by atoms with Crippen LogP contribution in [0.4, 0.5) is 0 Å². The minimum atomic E-state index is 0.0231. The molecule has 4 nitrogen and oxygen atoms in total. The molecule has 1 aromatic carbocycles. The Hall–Kier alpha value is -2.88. The number of amides is 1. The summed E-state index contributed by atoms with van der Waals surface area (Å²) in [6.45, 7) is 0.642. The van der Waals surface area contributed by atoms with Gasteiger partial charge >= 0.3 is 0 Å². The second-order valence-electron chi connectivity index (χ2n) is 5.44. The summed E-state index contributed by atoms with van der Waals surface area (Å²) in [6, 6.07) is 17.4. The van der Waals surface area contributed by atoms with Crippen LogP contribution < -0.4 is 0 Å². The van der Waals surface area contributed by atoms with Gasteiger partial charge in [0.15, 0.2) is 0 Å². The summed E-state index contributed by atoms with van der Waals surface area (Å²) in [5.41, 5.74) is 2.67. The molecule has 4 heteroatoms. The molecule has 0 radical (unpaired) electrons. The molecule has 0 aliphatic heterocycles. The van der Waals surface area contributed by atoms with Crippen LogP contribution in [0.15, 0.2) is 73.2 Å². The Morgan fingerprint density at radius 3 is 2.65 bits per heavy atom. The van der Waals surface area contributed by atoms with E-state index in [4.69, 9.17) is 0 Å². The summed E-state index contributed by atoms with van der Waals surface area (Å²) in [4.78, 5) is 18.6. The number of pyridine rings is 1. The molecule has 23 heavy (non-hydrogen) atoms. The molecule has 0 aliphatic rings. The fourth-order valence-corrected chi connectivity index (χ4v) is 2.46. The van der Waals surface area contributed by atoms with Gasteiger partial charge in [-0.15, -0.1) is 0 Å². The lowest BCUT2D eigenvalue weighted by molar-refractivity contribution is 0.0796. The molecule has 3 aromatic rings. The Bertz CT molecular complexity index is 766. The topological polar surface area (TPSA) is 38.1 Å². The quantitative estimate of drug-likeness (QED) is 0.726. The number of nitrogens with zero attached hydrogens (tertiary/aromatic N) is 3. The van der Waals surface area contributed by atoms with Gasteiger partial charge in [-0.05, 0) is 42.5 Å². The number of carbonyl (C=O) groups excluding carboxylic acids is 1. The SMILES string of the molecule is CN(CCc1ccccn1)C(=O)c1cccc(-n2cccc2)c1. The highest BCUT2D eigenvalue weighted by Gasteiger charge is 2.12. The van der Waals surface area contributed by atoms with Crippen LogP contribution in [-0.2, 0) is 6.42 Å². The summed E-state index contributed by atoms with van der Waals surface area (Å²) in [7, 11) is 1.83. The molecule has 0 atom stereocenters. The Balaban J connectivity index is 1.69. The molecule has 0 fully saturated rings. The maximum absolute atomic E-state index is 12.6. The van der Waals surface area contributed by atoms with Gasteiger partial charge in [0, 0.05) is 55.5 Å². The summed E-state index contributed by atoms with van der Waals surface area (Å²) < 4.78 is 1.99. The summed E-state index contributed by atoms with van der Waals surface area (Å²) in [6.07, 6.45) is 6.46. The van der Waals surface area contributed by atoms with E-state index in [0.29, 0.717) is 12.1 Å². The van der Waals surface area contributed by atoms with E-state index >= 15 is 0 Å². The maximum atomic E-state index is 12.6. The molecule has 3 rings (SSSR count). The molecule has 1 amide bonds. The van der Waals surface area contributed by atoms with E-state index in [2.05, 4.69) is 4.98 Å². The predicted molar refractivity (Wildman–Crippen MR) is 90.7 cm³/mol. The fourth-order valence-electron chi connectivity index (χ4n) is 2.46. The average molecular weight is 305 g/mol. The van der Waals surface area contributed by atoms with Crippen molar-refractivity contribution in [1.29, 1.82) is 0 Å². The third-order valence-electron chi connectivity index (χ3n) is 3.77. The highest BCUT2D eigenvalue weighted by molar-refractivity contribution is 5.94. The molecule has 0 saturated heterocycles. The zero-order valence-electron chi connectivity index (χ0n) is 13.1. The largest absolute Gasteiger partial charge is 0.341 e. The van der Waals surface area contributed by atoms with Crippen molar-refractivity contribution in [1.82, 2.24) is 14.5 Å². The molecule has 0 unspecified atom stereocenters. The standard InChI is InChI=1S/C19H19N3O/c1-21(14-10-17-8-2-3-11-20-17)19(23)16-7-6-9-18(15-16)22-12-4-5-13-22/h2-9,11-13,15H,10,14H2,1H3. The summed E-state index contributed by atoms with van der Waals surface area (Å²) in [5, 5.41) is 0. The van der Waals surface area contributed by atoms with Gasteiger partial charge in [-0.3, -0.25) is 9.78 Å². The van der Waals surface area contributed by atoms with Gasteiger partial charge in [0.2, 0.25) is 0 Å². The summed E-state index contributed by atoms with van der Waals surface area (Å²) in [5.74, 6) is 0.0231. The number of likely N-dealkylation sites (N-methyl/N-ethyl adjacent to an activating group) is 1. The van der Waals surface area contributed by atoms with Crippen molar-refractivity contribution in [3.8, 4) is 5.69 Å². The van der Waals surface area contributed by atoms with Crippen LogP contribution in [0.2, 0.25) is 0 Å². The second-order valence-corrected chi connectivity index (χ2v) is 5.44. The first kappa shape index (κ1) is 15.0. The van der Waals surface area contributed by atoms with Crippen LogP contribution >= 0.6 is 0 Å². The first-order valence-electron chi connectivity index (χ1n) is 7.63. The van der Waals surface area contributed by atoms with E-state index in [1.807, 2.05) is 78.6 Å². The predicted octanol–water partition coefficient (Wildman–Crippen LogP) is 3.19. The van der Waals surface area contributed by atoms with Crippen molar-refractivity contribution in [3.05, 3.63) is 84.4 Å². The van der Waals surface area contributed by atoms with Crippen molar-refractivity contribution >= 4 is 5.91 Å². The summed E-state index contributed by atoms with van der Waals surface area (Å²) >= 11 is 0. The van der Waals surface area contributed by atoms with Crippen LogP contribution in [0, 0.1) is 0 Å². The fraction of sp³-hybridized carbons (Fsp3) is 0.158. The van der Waals surface area contributed by atoms with E-state index in [0.717, 1.165) is 17.8 Å². The lowest BCUT2D eigenvalue weighted by atomic mass is 10.1. The molecule has 0 spiro atoms. The third-order valence-corrected chi connectivity index (χ3v) is 3.77. The van der Waals surface area contributed by atoms with E-state index in [9.17, 15) is 4.79 Å². The number of carbonyl (C=O) groups is 1. The van der Waals surface area contributed by atoms with Gasteiger partial charge in [0.25, 0.3) is 5.91 Å². The maximum Gasteiger partial charge on any atom is 0.253 e. The van der Waals surface area contributed by atoms with Gasteiger partial charge in [-0.1, -0.05) is 12.1 Å². The van der Waals surface area contributed by atoms with Gasteiger partial charge in [-0.25, -0.2) is 0 Å². The van der Waals surface area contributed by atoms with E-state index in [1.54, 1.807) is 11.1 Å². The van der Waals surface area contributed by atoms with Crippen molar-refractivity contribution in [2.45, 2.75) is 6.42 Å². The van der Waals surface area contributed by atoms with Gasteiger partial charge in [-0.2, -0.15) is 0 Å². The van der Waals surface area contributed by atoms with E-state index < -0.39 is 0 Å². The molecule has 2 heterocycles. The molecule has 0 bridgehead atoms. The van der Waals surface area contributed by atoms with Crippen molar-refractivity contribution in [2.24, 2.45) is 0 Å². The first-order valence-corrected chi connectivity index (χ1v) is 7.63. The normalized spacial score (nSPS) is 10.5. The van der Waals surface area contributed by atoms with Gasteiger partial charge in [0.05, 0.1) is 0 Å². The lowest BCUT2D eigenvalue weighted by Gasteiger charge is -2.17. The number of hydrogen-bond acceptors (Lipinski definition) is 2. The smallest absolute Gasteiger partial charge is 0.253 e. The van der Waals surface area contributed by atoms with E-state index in [1.165, 1.54) is 0 Å². The Labute approximate surface area is 136 Å². The Kier molecular flexibility index (Phi) is 4.52. The Morgan fingerprint density at radius 2 is 1.91 bits per heavy atom. The number of benzene rings is 1. The molecule has 0 N–H and O–H groups in total. The van der Waals surface area contributed by atoms with Gasteiger partial charge in [0.1, 0.15) is 0 Å². The zero-order valence-corrected chi connectivity index (χ0v) is 13.1. The Morgan fingerprint density at radius 1 is 1.09 bits per heavy atom. The van der Waals surface area contributed by atoms with Crippen molar-refractivity contribution < 1.29 is 4.79 Å². The van der Waals surface area contributed by atoms with Crippen LogP contribution in [0.1, 0.15) is 16.1 Å². The van der Waals surface area contributed by atoms with Crippen molar-refractivity contribution in [2.75, 3.05) is 13.6 Å². The molecule has 0 aliphatic carbocycles. The molecule has 2 aromatic heterocycles. The minimum Gasteiger partial charge on any atom is -0.341 e. The number of hydrogen-bond donors (Lipinski definition) is 0. The molecular formula is C19H19N3O. The van der Waals surface area contributed by atoms with Gasteiger partial charge < -0.3 is 9.47 Å². The van der Waals surface area contributed by atoms with Crippen LogP contribution in [0.5, 0.6) is 0 Å². The van der Waals surface area contributed by atoms with Crippen LogP contribution in [-0.4, -0.2) is 34.0 Å².